The van der Waals surface area contributed by atoms with Gasteiger partial charge in [0.2, 0.25) is 11.7 Å². The van der Waals surface area contributed by atoms with E-state index in [0.717, 1.165) is 22.4 Å². The van der Waals surface area contributed by atoms with Gasteiger partial charge >= 0.3 is 5.56 Å². The maximum Gasteiger partial charge on any atom is 0.316 e. The Morgan fingerprint density at radius 2 is 1.85 bits per heavy atom. The summed E-state index contributed by atoms with van der Waals surface area (Å²) in [7, 11) is 3.14. The van der Waals surface area contributed by atoms with Crippen LogP contribution in [0.25, 0.3) is 0 Å². The lowest BCUT2D eigenvalue weighted by Crippen LogP contribution is -2.19. The average Bonchev–Trinajstić information content (AvgIpc) is 2.68. The summed E-state index contributed by atoms with van der Waals surface area (Å²) < 4.78 is 12.3. The van der Waals surface area contributed by atoms with Crippen molar-refractivity contribution in [3.63, 3.8) is 0 Å². The van der Waals surface area contributed by atoms with Crippen molar-refractivity contribution < 1.29 is 9.47 Å². The smallest absolute Gasteiger partial charge is 0.316 e. The molecule has 3 rings (SSSR count). The zero-order chi connectivity index (χ0) is 19.2. The van der Waals surface area contributed by atoms with Crippen molar-refractivity contribution in [2.24, 2.45) is 0 Å². The van der Waals surface area contributed by atoms with Gasteiger partial charge in [0.25, 0.3) is 0 Å². The van der Waals surface area contributed by atoms with Gasteiger partial charge in [0, 0.05) is 12.8 Å². The van der Waals surface area contributed by atoms with Crippen LogP contribution in [0.1, 0.15) is 16.7 Å². The molecular formula is C21H23N3O3. The first-order valence-corrected chi connectivity index (χ1v) is 8.66. The third-order valence-corrected chi connectivity index (χ3v) is 4.37. The van der Waals surface area contributed by atoms with Gasteiger partial charge < -0.3 is 19.4 Å². The minimum Gasteiger partial charge on any atom is -0.490 e. The van der Waals surface area contributed by atoms with Crippen LogP contribution >= 0.6 is 0 Å². The molecule has 0 aliphatic rings. The van der Waals surface area contributed by atoms with Crippen LogP contribution in [0, 0.1) is 6.92 Å². The molecule has 0 bridgehead atoms. The van der Waals surface area contributed by atoms with Crippen LogP contribution in [0.4, 0.5) is 11.6 Å². The van der Waals surface area contributed by atoms with Crippen molar-refractivity contribution in [1.82, 2.24) is 9.55 Å². The minimum atomic E-state index is -0.407. The summed E-state index contributed by atoms with van der Waals surface area (Å²) in [5, 5.41) is 3.29. The second kappa shape index (κ2) is 8.51. The van der Waals surface area contributed by atoms with E-state index in [1.54, 1.807) is 13.3 Å². The second-order valence-electron chi connectivity index (χ2n) is 6.20. The Bertz CT molecular complexity index is 968. The number of anilines is 2. The van der Waals surface area contributed by atoms with Crippen molar-refractivity contribution >= 4 is 11.6 Å². The van der Waals surface area contributed by atoms with Crippen molar-refractivity contribution in [1.29, 1.82) is 0 Å². The lowest BCUT2D eigenvalue weighted by atomic mass is 10.1. The number of methoxy groups -OCH3 is 2. The first kappa shape index (κ1) is 18.7. The van der Waals surface area contributed by atoms with Crippen molar-refractivity contribution in [2.75, 3.05) is 19.5 Å². The SMILES string of the molecule is COCc1cccc(Nc2nc(=O)c(OC)cn2Cc2ccccc2)c1C. The van der Waals surface area contributed by atoms with Crippen LogP contribution in [0.5, 0.6) is 5.75 Å². The van der Waals surface area contributed by atoms with Crippen molar-refractivity contribution in [3.8, 4) is 5.75 Å². The normalized spacial score (nSPS) is 10.6. The summed E-state index contributed by atoms with van der Waals surface area (Å²) >= 11 is 0. The monoisotopic (exact) mass is 365 g/mol. The molecule has 0 atom stereocenters. The number of hydrogen-bond donors (Lipinski definition) is 1. The Morgan fingerprint density at radius 1 is 1.07 bits per heavy atom. The second-order valence-corrected chi connectivity index (χ2v) is 6.20. The van der Waals surface area contributed by atoms with Gasteiger partial charge in [-0.15, -0.1) is 0 Å². The molecule has 0 radical (unpaired) electrons. The first-order valence-electron chi connectivity index (χ1n) is 8.66. The van der Waals surface area contributed by atoms with Crippen molar-refractivity contribution in [3.05, 3.63) is 81.8 Å². The standard InChI is InChI=1S/C21H23N3O3/c1-15-17(14-26-2)10-7-11-18(15)22-21-23-20(25)19(27-3)13-24(21)12-16-8-5-4-6-9-16/h4-11,13H,12,14H2,1-3H3,(H,22,23,25). The van der Waals surface area contributed by atoms with Crippen molar-refractivity contribution in [2.45, 2.75) is 20.1 Å². The van der Waals surface area contributed by atoms with E-state index in [2.05, 4.69) is 10.3 Å². The Hall–Kier alpha value is -3.12. The van der Waals surface area contributed by atoms with Crippen LogP contribution < -0.4 is 15.6 Å². The lowest BCUT2D eigenvalue weighted by Gasteiger charge is -2.17. The molecule has 0 unspecified atom stereocenters. The zero-order valence-electron chi connectivity index (χ0n) is 15.7. The summed E-state index contributed by atoms with van der Waals surface area (Å²) in [6.45, 7) is 3.09. The van der Waals surface area contributed by atoms with E-state index < -0.39 is 5.56 Å². The summed E-state index contributed by atoms with van der Waals surface area (Å²) in [6, 6.07) is 15.9. The molecule has 0 aliphatic carbocycles. The highest BCUT2D eigenvalue weighted by molar-refractivity contribution is 5.60. The highest BCUT2D eigenvalue weighted by Gasteiger charge is 2.12. The molecule has 0 amide bonds. The Morgan fingerprint density at radius 3 is 2.56 bits per heavy atom. The molecule has 6 nitrogen and oxygen atoms in total. The summed E-state index contributed by atoms with van der Waals surface area (Å²) in [5.74, 6) is 0.670. The van der Waals surface area contributed by atoms with Gasteiger partial charge in [-0.05, 0) is 29.7 Å². The topological polar surface area (TPSA) is 65.4 Å². The molecule has 2 aromatic carbocycles. The summed E-state index contributed by atoms with van der Waals surface area (Å²) in [5.41, 5.74) is 3.69. The number of benzene rings is 2. The number of nitrogens with one attached hydrogen (secondary N) is 1. The molecule has 0 aliphatic heterocycles. The van der Waals surface area contributed by atoms with Gasteiger partial charge in [0.15, 0.2) is 0 Å². The highest BCUT2D eigenvalue weighted by atomic mass is 16.5. The van der Waals surface area contributed by atoms with Crippen LogP contribution in [0.2, 0.25) is 0 Å². The van der Waals surface area contributed by atoms with Gasteiger partial charge in [-0.1, -0.05) is 42.5 Å². The first-order chi connectivity index (χ1) is 13.1. The molecule has 1 N–H and O–H groups in total. The third-order valence-electron chi connectivity index (χ3n) is 4.37. The Balaban J connectivity index is 2.00. The largest absolute Gasteiger partial charge is 0.490 e. The molecule has 27 heavy (non-hydrogen) atoms. The van der Waals surface area contributed by atoms with Gasteiger partial charge in [0.1, 0.15) is 0 Å². The molecule has 1 heterocycles. The van der Waals surface area contributed by atoms with E-state index in [-0.39, 0.29) is 5.75 Å². The van der Waals surface area contributed by atoms with E-state index in [1.165, 1.54) is 7.11 Å². The fraction of sp³-hybridized carbons (Fsp3) is 0.238. The Labute approximate surface area is 158 Å². The van der Waals surface area contributed by atoms with E-state index >= 15 is 0 Å². The minimum absolute atomic E-state index is 0.210. The molecule has 3 aromatic rings. The van der Waals surface area contributed by atoms with Crippen LogP contribution in [-0.4, -0.2) is 23.8 Å². The van der Waals surface area contributed by atoms with E-state index in [0.29, 0.717) is 19.1 Å². The molecular weight excluding hydrogens is 342 g/mol. The number of ether oxygens (including phenoxy) is 2. The van der Waals surface area contributed by atoms with Crippen LogP contribution in [-0.2, 0) is 17.9 Å². The quantitative estimate of drug-likeness (QED) is 0.694. The van der Waals surface area contributed by atoms with E-state index in [1.807, 2.05) is 60.0 Å². The van der Waals surface area contributed by atoms with E-state index in [4.69, 9.17) is 9.47 Å². The van der Waals surface area contributed by atoms with Gasteiger partial charge in [-0.25, -0.2) is 0 Å². The summed E-state index contributed by atoms with van der Waals surface area (Å²) in [4.78, 5) is 16.4. The number of hydrogen-bond acceptors (Lipinski definition) is 5. The fourth-order valence-corrected chi connectivity index (χ4v) is 2.87. The van der Waals surface area contributed by atoms with Gasteiger partial charge in [0.05, 0.1) is 26.5 Å². The van der Waals surface area contributed by atoms with Crippen LogP contribution in [0.15, 0.2) is 59.5 Å². The molecule has 1 aromatic heterocycles. The van der Waals surface area contributed by atoms with Crippen LogP contribution in [0.3, 0.4) is 0 Å². The molecule has 140 valence electrons. The molecule has 6 heteroatoms. The fourth-order valence-electron chi connectivity index (χ4n) is 2.87. The molecule has 0 spiro atoms. The zero-order valence-corrected chi connectivity index (χ0v) is 15.7. The molecule has 0 saturated heterocycles. The highest BCUT2D eigenvalue weighted by Crippen LogP contribution is 2.23. The summed E-state index contributed by atoms with van der Waals surface area (Å²) in [6.07, 6.45) is 1.68. The number of aromatic nitrogens is 2. The Kier molecular flexibility index (Phi) is 5.88. The van der Waals surface area contributed by atoms with Gasteiger partial charge in [-0.2, -0.15) is 4.98 Å². The third kappa shape index (κ3) is 4.35. The maximum atomic E-state index is 12.2. The number of nitrogens with zero attached hydrogens (tertiary/aromatic N) is 2. The lowest BCUT2D eigenvalue weighted by molar-refractivity contribution is 0.184. The predicted molar refractivity (Wildman–Crippen MR) is 106 cm³/mol. The molecule has 0 fully saturated rings. The van der Waals surface area contributed by atoms with E-state index in [9.17, 15) is 4.79 Å². The number of rotatable bonds is 7. The molecule has 0 saturated carbocycles. The average molecular weight is 365 g/mol. The van der Waals surface area contributed by atoms with Gasteiger partial charge in [-0.3, -0.25) is 4.79 Å². The predicted octanol–water partition coefficient (Wildman–Crippen LogP) is 3.50. The maximum absolute atomic E-state index is 12.2.